The molecule has 0 spiro atoms. The van der Waals surface area contributed by atoms with Crippen molar-refractivity contribution in [1.82, 2.24) is 24.3 Å². The highest BCUT2D eigenvalue weighted by Gasteiger charge is 2.32. The van der Waals surface area contributed by atoms with Crippen molar-refractivity contribution in [2.75, 3.05) is 6.54 Å². The van der Waals surface area contributed by atoms with Crippen LogP contribution in [-0.2, 0) is 11.2 Å². The lowest BCUT2D eigenvalue weighted by Gasteiger charge is -2.23. The van der Waals surface area contributed by atoms with E-state index in [1.807, 2.05) is 46.7 Å². The number of nitrogens with zero attached hydrogens (tertiary/aromatic N) is 4. The minimum absolute atomic E-state index is 0.0136. The topological polar surface area (TPSA) is 66.3 Å². The molecule has 1 N–H and O–H groups in total. The van der Waals surface area contributed by atoms with Crippen LogP contribution in [0.5, 0.6) is 0 Å². The van der Waals surface area contributed by atoms with Gasteiger partial charge in [0.25, 0.3) is 0 Å². The van der Waals surface area contributed by atoms with Crippen LogP contribution in [0.1, 0.15) is 41.7 Å². The zero-order valence-corrected chi connectivity index (χ0v) is 16.1. The fourth-order valence-electron chi connectivity index (χ4n) is 4.27. The Morgan fingerprint density at radius 3 is 3.00 bits per heavy atom. The molecule has 6 nitrogen and oxygen atoms in total. The van der Waals surface area contributed by atoms with Gasteiger partial charge in [0.05, 0.1) is 34.9 Å². The molecule has 3 aromatic heterocycles. The van der Waals surface area contributed by atoms with Gasteiger partial charge in [-0.05, 0) is 56.5 Å². The highest BCUT2D eigenvalue weighted by atomic mass is 16.2. The number of benzene rings is 1. The monoisotopic (exact) mass is 373 g/mol. The molecule has 4 heterocycles. The summed E-state index contributed by atoms with van der Waals surface area (Å²) in [7, 11) is 0. The van der Waals surface area contributed by atoms with Crippen LogP contribution in [0.15, 0.2) is 42.6 Å². The van der Waals surface area contributed by atoms with Crippen LogP contribution in [-0.4, -0.2) is 36.7 Å². The summed E-state index contributed by atoms with van der Waals surface area (Å²) < 4.78 is 2.02. The summed E-state index contributed by atoms with van der Waals surface area (Å²) >= 11 is 0. The number of pyridine rings is 1. The van der Waals surface area contributed by atoms with Gasteiger partial charge in [-0.2, -0.15) is 0 Å². The molecule has 0 radical (unpaired) electrons. The van der Waals surface area contributed by atoms with Crippen molar-refractivity contribution < 1.29 is 4.79 Å². The van der Waals surface area contributed by atoms with Crippen molar-refractivity contribution in [3.63, 3.8) is 0 Å². The Morgan fingerprint density at radius 1 is 1.21 bits per heavy atom. The third kappa shape index (κ3) is 2.76. The van der Waals surface area contributed by atoms with E-state index >= 15 is 0 Å². The van der Waals surface area contributed by atoms with Gasteiger partial charge in [0.15, 0.2) is 0 Å². The smallest absolute Gasteiger partial charge is 0.229 e. The Bertz CT molecular complexity index is 1190. The number of carbonyl (C=O) groups is 1. The molecule has 0 saturated carbocycles. The van der Waals surface area contributed by atoms with Crippen LogP contribution < -0.4 is 0 Å². The number of hydrogen-bond acceptors (Lipinski definition) is 3. The summed E-state index contributed by atoms with van der Waals surface area (Å²) in [5.41, 5.74) is 5.95. The lowest BCUT2D eigenvalue weighted by atomic mass is 10.2. The second-order valence-electron chi connectivity index (χ2n) is 7.64. The molecule has 6 heteroatoms. The number of rotatable bonds is 3. The molecule has 28 heavy (non-hydrogen) atoms. The molecule has 5 rings (SSSR count). The number of aromatic nitrogens is 4. The van der Waals surface area contributed by atoms with Crippen molar-refractivity contribution in [3.05, 3.63) is 65.4 Å². The Hall–Kier alpha value is -3.15. The second kappa shape index (κ2) is 6.48. The van der Waals surface area contributed by atoms with Gasteiger partial charge in [-0.1, -0.05) is 12.1 Å². The van der Waals surface area contributed by atoms with Crippen LogP contribution in [0.2, 0.25) is 0 Å². The Balaban J connectivity index is 1.44. The van der Waals surface area contributed by atoms with Gasteiger partial charge in [0, 0.05) is 12.7 Å². The molecule has 0 unspecified atom stereocenters. The fourth-order valence-corrected chi connectivity index (χ4v) is 4.27. The number of nitrogens with one attached hydrogen (secondary N) is 1. The third-order valence-corrected chi connectivity index (χ3v) is 5.69. The normalized spacial score (nSPS) is 17.1. The van der Waals surface area contributed by atoms with Crippen LogP contribution in [0.25, 0.3) is 16.7 Å². The third-order valence-electron chi connectivity index (χ3n) is 5.69. The van der Waals surface area contributed by atoms with Gasteiger partial charge in [-0.15, -0.1) is 0 Å². The van der Waals surface area contributed by atoms with Crippen molar-refractivity contribution in [3.8, 4) is 0 Å². The lowest BCUT2D eigenvalue weighted by Crippen LogP contribution is -2.32. The molecule has 1 aliphatic rings. The first-order valence-corrected chi connectivity index (χ1v) is 9.78. The van der Waals surface area contributed by atoms with Gasteiger partial charge in [0.2, 0.25) is 5.91 Å². The number of fused-ring (bicyclic) bond motifs is 2. The van der Waals surface area contributed by atoms with E-state index in [9.17, 15) is 4.79 Å². The summed E-state index contributed by atoms with van der Waals surface area (Å²) in [6.45, 7) is 4.82. The van der Waals surface area contributed by atoms with Gasteiger partial charge in [0.1, 0.15) is 11.5 Å². The van der Waals surface area contributed by atoms with Crippen LogP contribution >= 0.6 is 0 Å². The van der Waals surface area contributed by atoms with Gasteiger partial charge >= 0.3 is 0 Å². The molecular formula is C22H23N5O. The number of H-pyrrole nitrogens is 1. The standard InChI is InChI=1S/C22H23N5O/c1-14-8-9-16-17(12-14)25-22(24-16)18-6-5-11-27(18)21(28)13-19-15(2)23-20-7-3-4-10-26(19)20/h3-4,7-10,12,18H,5-6,11,13H2,1-2H3,(H,24,25)/t18-/m0/s1. The first-order valence-electron chi connectivity index (χ1n) is 9.78. The van der Waals surface area contributed by atoms with E-state index in [2.05, 4.69) is 29.0 Å². The highest BCUT2D eigenvalue weighted by Crippen LogP contribution is 2.32. The molecule has 4 aromatic rings. The SMILES string of the molecule is Cc1ccc2nc([C@@H]3CCCN3C(=O)Cc3c(C)nc4ccccn34)[nH]c2c1. The van der Waals surface area contributed by atoms with Crippen molar-refractivity contribution >= 4 is 22.6 Å². The van der Waals surface area contributed by atoms with E-state index in [0.717, 1.165) is 53.3 Å². The van der Waals surface area contributed by atoms with E-state index in [4.69, 9.17) is 4.98 Å². The molecular weight excluding hydrogens is 350 g/mol. The summed E-state index contributed by atoms with van der Waals surface area (Å²) in [4.78, 5) is 28.0. The van der Waals surface area contributed by atoms with E-state index in [1.165, 1.54) is 5.56 Å². The number of aryl methyl sites for hydroxylation is 2. The zero-order chi connectivity index (χ0) is 19.3. The molecule has 1 atom stereocenters. The number of hydrogen-bond donors (Lipinski definition) is 1. The first kappa shape index (κ1) is 17.0. The average Bonchev–Trinajstić information content (AvgIpc) is 3.38. The van der Waals surface area contributed by atoms with Crippen molar-refractivity contribution in [2.45, 2.75) is 39.2 Å². The summed E-state index contributed by atoms with van der Waals surface area (Å²) in [5.74, 6) is 1.02. The van der Waals surface area contributed by atoms with Crippen molar-refractivity contribution in [2.24, 2.45) is 0 Å². The quantitative estimate of drug-likeness (QED) is 0.595. The van der Waals surface area contributed by atoms with Gasteiger partial charge in [-0.25, -0.2) is 9.97 Å². The second-order valence-corrected chi connectivity index (χ2v) is 7.64. The van der Waals surface area contributed by atoms with E-state index in [-0.39, 0.29) is 11.9 Å². The molecule has 1 fully saturated rings. The Morgan fingerprint density at radius 2 is 2.11 bits per heavy atom. The molecule has 1 aromatic carbocycles. The number of amides is 1. The maximum atomic E-state index is 13.2. The summed E-state index contributed by atoms with van der Waals surface area (Å²) in [6.07, 6.45) is 4.27. The van der Waals surface area contributed by atoms with E-state index in [0.29, 0.717) is 6.42 Å². The molecule has 142 valence electrons. The lowest BCUT2D eigenvalue weighted by molar-refractivity contribution is -0.131. The summed E-state index contributed by atoms with van der Waals surface area (Å²) in [6, 6.07) is 12.1. The Kier molecular flexibility index (Phi) is 3.93. The minimum Gasteiger partial charge on any atom is -0.340 e. The van der Waals surface area contributed by atoms with Crippen LogP contribution in [0.3, 0.4) is 0 Å². The molecule has 0 bridgehead atoms. The molecule has 0 aliphatic carbocycles. The fraction of sp³-hybridized carbons (Fsp3) is 0.318. The molecule has 1 saturated heterocycles. The summed E-state index contributed by atoms with van der Waals surface area (Å²) in [5, 5.41) is 0. The van der Waals surface area contributed by atoms with Gasteiger partial charge in [-0.3, -0.25) is 4.79 Å². The van der Waals surface area contributed by atoms with Crippen LogP contribution in [0, 0.1) is 13.8 Å². The number of carbonyl (C=O) groups excluding carboxylic acids is 1. The molecule has 1 aliphatic heterocycles. The highest BCUT2D eigenvalue weighted by molar-refractivity contribution is 5.80. The number of aromatic amines is 1. The zero-order valence-electron chi connectivity index (χ0n) is 16.1. The number of imidazole rings is 2. The molecule has 1 amide bonds. The first-order chi connectivity index (χ1) is 13.6. The largest absolute Gasteiger partial charge is 0.340 e. The number of likely N-dealkylation sites (tertiary alicyclic amines) is 1. The predicted molar refractivity (Wildman–Crippen MR) is 108 cm³/mol. The van der Waals surface area contributed by atoms with Crippen molar-refractivity contribution in [1.29, 1.82) is 0 Å². The minimum atomic E-state index is 0.0136. The predicted octanol–water partition coefficient (Wildman–Crippen LogP) is 3.73. The average molecular weight is 373 g/mol. The maximum absolute atomic E-state index is 13.2. The maximum Gasteiger partial charge on any atom is 0.229 e. The Labute approximate surface area is 163 Å². The van der Waals surface area contributed by atoms with Crippen LogP contribution in [0.4, 0.5) is 0 Å². The van der Waals surface area contributed by atoms with Gasteiger partial charge < -0.3 is 14.3 Å². The van der Waals surface area contributed by atoms with E-state index in [1.54, 1.807) is 0 Å². The van der Waals surface area contributed by atoms with E-state index < -0.39 is 0 Å².